The smallest absolute Gasteiger partial charge is 0.321 e. The Morgan fingerprint density at radius 3 is 2.48 bits per heavy atom. The predicted octanol–water partition coefficient (Wildman–Crippen LogP) is 3.99. The molecule has 3 amide bonds. The van der Waals surface area contributed by atoms with E-state index >= 15 is 0 Å². The Kier molecular flexibility index (Phi) is 5.79. The van der Waals surface area contributed by atoms with Crippen LogP contribution in [0.25, 0.3) is 0 Å². The van der Waals surface area contributed by atoms with Crippen molar-refractivity contribution in [3.63, 3.8) is 0 Å². The third kappa shape index (κ3) is 4.32. The lowest BCUT2D eigenvalue weighted by Gasteiger charge is -2.23. The topological polar surface area (TPSA) is 77.0 Å². The second-order valence-electron chi connectivity index (χ2n) is 9.45. The van der Waals surface area contributed by atoms with Crippen LogP contribution in [0.4, 0.5) is 16.2 Å². The fourth-order valence-electron chi connectivity index (χ4n) is 5.44. The van der Waals surface area contributed by atoms with Crippen molar-refractivity contribution < 1.29 is 9.59 Å². The van der Waals surface area contributed by atoms with Gasteiger partial charge in [-0.2, -0.15) is 0 Å². The number of anilines is 2. The first kappa shape index (κ1) is 21.5. The van der Waals surface area contributed by atoms with Crippen LogP contribution in [0.3, 0.4) is 0 Å². The van der Waals surface area contributed by atoms with Crippen LogP contribution in [0.5, 0.6) is 0 Å². The van der Waals surface area contributed by atoms with Crippen LogP contribution in [-0.2, 0) is 4.79 Å². The van der Waals surface area contributed by atoms with Gasteiger partial charge in [0.25, 0.3) is 5.91 Å². The van der Waals surface area contributed by atoms with Crippen LogP contribution in [-0.4, -0.2) is 49.0 Å². The van der Waals surface area contributed by atoms with Crippen LogP contribution in [0.1, 0.15) is 36.8 Å². The number of hydrogen-bond acceptors (Lipinski definition) is 4. The highest BCUT2D eigenvalue weighted by atomic mass is 16.2. The lowest BCUT2D eigenvalue weighted by molar-refractivity contribution is -0.119. The molecular weight excluding hydrogens is 414 g/mol. The van der Waals surface area contributed by atoms with Crippen molar-refractivity contribution in [2.45, 2.75) is 38.8 Å². The van der Waals surface area contributed by atoms with Crippen LogP contribution in [0, 0.1) is 18.8 Å². The molecule has 7 heteroatoms. The van der Waals surface area contributed by atoms with E-state index in [1.54, 1.807) is 11.9 Å². The summed E-state index contributed by atoms with van der Waals surface area (Å²) in [7, 11) is 1.75. The number of rotatable bonds is 2. The van der Waals surface area contributed by atoms with Gasteiger partial charge in [-0.25, -0.2) is 9.79 Å². The minimum atomic E-state index is -0.996. The summed E-state index contributed by atoms with van der Waals surface area (Å²) in [5.74, 6) is 1.91. The summed E-state index contributed by atoms with van der Waals surface area (Å²) in [6, 6.07) is 15.0. The third-order valence-corrected chi connectivity index (χ3v) is 7.14. The van der Waals surface area contributed by atoms with Crippen molar-refractivity contribution in [3.05, 3.63) is 59.7 Å². The molecule has 2 aromatic carbocycles. The van der Waals surface area contributed by atoms with Gasteiger partial charge in [-0.3, -0.25) is 4.79 Å². The Balaban J connectivity index is 1.44. The molecule has 2 heterocycles. The number of para-hydroxylation sites is 1. The van der Waals surface area contributed by atoms with Gasteiger partial charge in [-0.1, -0.05) is 37.1 Å². The summed E-state index contributed by atoms with van der Waals surface area (Å²) < 4.78 is 0. The van der Waals surface area contributed by atoms with Gasteiger partial charge in [0.05, 0.1) is 5.69 Å². The number of benzodiazepines with no additional fused rings is 1. The second-order valence-corrected chi connectivity index (χ2v) is 9.45. The molecule has 3 unspecified atom stereocenters. The molecule has 3 atom stereocenters. The van der Waals surface area contributed by atoms with Gasteiger partial charge in [0.2, 0.25) is 6.17 Å². The van der Waals surface area contributed by atoms with Gasteiger partial charge in [-0.05, 0) is 61.4 Å². The number of benzene rings is 2. The fraction of sp³-hybridized carbons (Fsp3) is 0.423. The van der Waals surface area contributed by atoms with Gasteiger partial charge in [0.1, 0.15) is 5.84 Å². The third-order valence-electron chi connectivity index (χ3n) is 7.14. The van der Waals surface area contributed by atoms with E-state index in [1.807, 2.05) is 55.5 Å². The molecular formula is C26H31N5O2. The number of likely N-dealkylation sites (tertiary alicyclic amines) is 1. The number of nitrogens with one attached hydrogen (secondary N) is 2. The van der Waals surface area contributed by atoms with Crippen LogP contribution in [0.15, 0.2) is 53.5 Å². The normalized spacial score (nSPS) is 24.5. The van der Waals surface area contributed by atoms with Crippen molar-refractivity contribution in [1.29, 1.82) is 0 Å². The zero-order valence-corrected chi connectivity index (χ0v) is 19.3. The number of fused-ring (bicyclic) bond motifs is 2. The highest BCUT2D eigenvalue weighted by Crippen LogP contribution is 2.38. The van der Waals surface area contributed by atoms with Crippen LogP contribution in [0.2, 0.25) is 0 Å². The maximum Gasteiger partial charge on any atom is 0.321 e. The number of carbonyl (C=O) groups is 2. The molecule has 0 spiro atoms. The molecule has 0 radical (unpaired) electrons. The molecule has 1 saturated carbocycles. The van der Waals surface area contributed by atoms with E-state index in [1.165, 1.54) is 25.7 Å². The van der Waals surface area contributed by atoms with Crippen molar-refractivity contribution in [1.82, 2.24) is 10.2 Å². The van der Waals surface area contributed by atoms with Crippen molar-refractivity contribution in [2.24, 2.45) is 16.8 Å². The van der Waals surface area contributed by atoms with Crippen LogP contribution >= 0.6 is 0 Å². The van der Waals surface area contributed by atoms with Gasteiger partial charge in [0, 0.05) is 31.4 Å². The number of amides is 3. The molecule has 0 aromatic heterocycles. The van der Waals surface area contributed by atoms with E-state index < -0.39 is 12.2 Å². The minimum Gasteiger partial charge on any atom is -0.356 e. The Morgan fingerprint density at radius 1 is 1.03 bits per heavy atom. The lowest BCUT2D eigenvalue weighted by atomic mass is 9.82. The van der Waals surface area contributed by atoms with Crippen LogP contribution < -0.4 is 15.5 Å². The summed E-state index contributed by atoms with van der Waals surface area (Å²) in [6.07, 6.45) is 4.11. The van der Waals surface area contributed by atoms with Crippen molar-refractivity contribution in [2.75, 3.05) is 30.4 Å². The number of amidine groups is 1. The van der Waals surface area contributed by atoms with E-state index in [2.05, 4.69) is 15.5 Å². The van der Waals surface area contributed by atoms with Gasteiger partial charge >= 0.3 is 6.03 Å². The Labute approximate surface area is 194 Å². The summed E-state index contributed by atoms with van der Waals surface area (Å²) in [5, 5.41) is 5.63. The number of likely N-dealkylation sites (N-methyl/N-ethyl adjacent to an activating group) is 1. The second kappa shape index (κ2) is 8.89. The molecule has 3 aliphatic rings. The Hall–Kier alpha value is -3.35. The maximum atomic E-state index is 13.3. The molecule has 5 rings (SSSR count). The average Bonchev–Trinajstić information content (AvgIpc) is 3.21. The number of carbonyl (C=O) groups excluding carboxylic acids is 2. The van der Waals surface area contributed by atoms with Gasteiger partial charge in [-0.15, -0.1) is 0 Å². The van der Waals surface area contributed by atoms with Crippen molar-refractivity contribution in [3.8, 4) is 0 Å². The Morgan fingerprint density at radius 2 is 1.76 bits per heavy atom. The molecule has 2 fully saturated rings. The summed E-state index contributed by atoms with van der Waals surface area (Å²) in [6.45, 7) is 3.88. The molecule has 33 heavy (non-hydrogen) atoms. The average molecular weight is 446 g/mol. The highest BCUT2D eigenvalue weighted by Gasteiger charge is 2.39. The summed E-state index contributed by atoms with van der Waals surface area (Å²) >= 11 is 0. The van der Waals surface area contributed by atoms with E-state index in [-0.39, 0.29) is 5.91 Å². The maximum absolute atomic E-state index is 13.3. The molecule has 7 nitrogen and oxygen atoms in total. The zero-order valence-electron chi connectivity index (χ0n) is 19.3. The number of nitrogens with zero attached hydrogens (tertiary/aromatic N) is 3. The quantitative estimate of drug-likeness (QED) is 0.734. The number of hydrogen-bond donors (Lipinski definition) is 2. The van der Waals surface area contributed by atoms with Crippen molar-refractivity contribution >= 4 is 29.1 Å². The molecule has 1 saturated heterocycles. The molecule has 2 N–H and O–H groups in total. The SMILES string of the molecule is Cc1cccc(NC(=O)NC2N=C(N3CC4CCCCC4C3)c3ccccc3N(C)C2=O)c1. The first-order chi connectivity index (χ1) is 16.0. The first-order valence-electron chi connectivity index (χ1n) is 11.8. The van der Waals surface area contributed by atoms with E-state index in [0.29, 0.717) is 17.5 Å². The Bertz CT molecular complexity index is 1080. The molecule has 0 bridgehead atoms. The van der Waals surface area contributed by atoms with E-state index in [0.717, 1.165) is 35.7 Å². The lowest BCUT2D eigenvalue weighted by Crippen LogP contribution is -2.47. The summed E-state index contributed by atoms with van der Waals surface area (Å²) in [5.41, 5.74) is 3.48. The summed E-state index contributed by atoms with van der Waals surface area (Å²) in [4.78, 5) is 34.9. The standard InChI is InChI=1S/C26H31N5O2/c1-17-8-7-11-20(14-17)27-26(33)29-23-25(32)30(2)22-13-6-5-12-21(22)24(28-23)31-15-18-9-3-4-10-19(18)16-31/h5-8,11-14,18-19,23H,3-4,9-10,15-16H2,1-2H3,(H2,27,29,33). The fourth-order valence-corrected chi connectivity index (χ4v) is 5.44. The highest BCUT2D eigenvalue weighted by molar-refractivity contribution is 6.12. The molecule has 1 aliphatic carbocycles. The van der Waals surface area contributed by atoms with Gasteiger partial charge in [0.15, 0.2) is 0 Å². The minimum absolute atomic E-state index is 0.256. The zero-order chi connectivity index (χ0) is 22.9. The molecule has 2 aliphatic heterocycles. The van der Waals surface area contributed by atoms with Gasteiger partial charge < -0.3 is 20.4 Å². The molecule has 172 valence electrons. The van der Waals surface area contributed by atoms with E-state index in [4.69, 9.17) is 4.99 Å². The predicted molar refractivity (Wildman–Crippen MR) is 131 cm³/mol. The molecule has 2 aromatic rings. The number of aryl methyl sites for hydroxylation is 1. The monoisotopic (exact) mass is 445 g/mol. The van der Waals surface area contributed by atoms with E-state index in [9.17, 15) is 9.59 Å². The number of aliphatic imine (C=N–C) groups is 1. The first-order valence-corrected chi connectivity index (χ1v) is 11.8. The largest absolute Gasteiger partial charge is 0.356 e. The number of urea groups is 1.